The minimum absolute atomic E-state index is 0.124. The highest BCUT2D eigenvalue weighted by Crippen LogP contribution is 2.31. The second-order valence-corrected chi connectivity index (χ2v) is 6.97. The second-order valence-electron chi connectivity index (χ2n) is 6.11. The first-order chi connectivity index (χ1) is 12.7. The molecule has 0 saturated heterocycles. The first-order valence-electron chi connectivity index (χ1n) is 7.87. The highest BCUT2D eigenvalue weighted by Gasteiger charge is 2.23. The maximum Gasteiger partial charge on any atom is 0.260 e. The zero-order chi connectivity index (χ0) is 19.9. The van der Waals surface area contributed by atoms with Gasteiger partial charge in [0.25, 0.3) is 5.91 Å². The minimum Gasteiger partial charge on any atom is -0.298 e. The minimum atomic E-state index is -2.04. The van der Waals surface area contributed by atoms with Crippen molar-refractivity contribution in [2.45, 2.75) is 20.8 Å². The Morgan fingerprint density at radius 1 is 0.963 bits per heavy atom. The average Bonchev–Trinajstić information content (AvgIpc) is 3.03. The number of benzene rings is 2. The zero-order valence-corrected chi connectivity index (χ0v) is 15.4. The summed E-state index contributed by atoms with van der Waals surface area (Å²) >= 11 is 1.08. The van der Waals surface area contributed by atoms with E-state index < -0.39 is 34.7 Å². The molecule has 0 aliphatic carbocycles. The molecule has 140 valence electrons. The number of nitrogens with one attached hydrogen (secondary N) is 1. The quantitative estimate of drug-likeness (QED) is 0.360. The molecule has 0 bridgehead atoms. The summed E-state index contributed by atoms with van der Waals surface area (Å²) in [6, 6.07) is 4.31. The van der Waals surface area contributed by atoms with Gasteiger partial charge in [-0.15, -0.1) is 11.3 Å². The largest absolute Gasteiger partial charge is 0.298 e. The molecule has 2 aromatic carbocycles. The van der Waals surface area contributed by atoms with Gasteiger partial charge in [-0.1, -0.05) is 17.7 Å². The maximum absolute atomic E-state index is 13.7. The van der Waals surface area contributed by atoms with Crippen molar-refractivity contribution in [2.75, 3.05) is 5.32 Å². The number of anilines is 1. The van der Waals surface area contributed by atoms with Crippen LogP contribution in [0.1, 0.15) is 27.0 Å². The molecule has 1 amide bonds. The van der Waals surface area contributed by atoms with Crippen LogP contribution < -0.4 is 5.32 Å². The van der Waals surface area contributed by atoms with E-state index in [4.69, 9.17) is 0 Å². The molecular weight excluding hydrogens is 380 g/mol. The number of thiazole rings is 1. The monoisotopic (exact) mass is 394 g/mol. The van der Waals surface area contributed by atoms with E-state index in [1.807, 2.05) is 32.9 Å². The molecule has 0 aliphatic heterocycles. The molecule has 1 N–H and O–H groups in total. The Morgan fingerprint density at radius 3 is 2.22 bits per heavy atom. The topological polar surface area (TPSA) is 42.0 Å². The molecule has 3 rings (SSSR count). The Hall–Kier alpha value is -2.74. The molecule has 0 spiro atoms. The third-order valence-corrected chi connectivity index (χ3v) is 4.76. The summed E-state index contributed by atoms with van der Waals surface area (Å²) in [5.41, 5.74) is 3.69. The fourth-order valence-corrected chi connectivity index (χ4v) is 3.63. The molecule has 1 aromatic heterocycles. The molecule has 0 unspecified atom stereocenters. The van der Waals surface area contributed by atoms with Gasteiger partial charge in [0, 0.05) is 10.9 Å². The summed E-state index contributed by atoms with van der Waals surface area (Å²) in [6.45, 7) is 5.85. The highest BCUT2D eigenvalue weighted by molar-refractivity contribution is 7.14. The fourth-order valence-electron chi connectivity index (χ4n) is 2.93. The molecule has 0 saturated carbocycles. The molecule has 27 heavy (non-hydrogen) atoms. The lowest BCUT2D eigenvalue weighted by Crippen LogP contribution is -2.16. The molecule has 3 aromatic rings. The van der Waals surface area contributed by atoms with Gasteiger partial charge < -0.3 is 0 Å². The highest BCUT2D eigenvalue weighted by atomic mass is 32.1. The molecule has 3 nitrogen and oxygen atoms in total. The van der Waals surface area contributed by atoms with E-state index in [9.17, 15) is 22.4 Å². The second kappa shape index (κ2) is 7.11. The maximum atomic E-state index is 13.7. The van der Waals surface area contributed by atoms with Crippen LogP contribution in [-0.2, 0) is 0 Å². The number of aromatic nitrogens is 1. The molecular formula is C19H14F4N2OS. The van der Waals surface area contributed by atoms with Crippen molar-refractivity contribution < 1.29 is 22.4 Å². The van der Waals surface area contributed by atoms with Gasteiger partial charge in [0.2, 0.25) is 0 Å². The van der Waals surface area contributed by atoms with E-state index in [0.717, 1.165) is 33.6 Å². The van der Waals surface area contributed by atoms with E-state index in [-0.39, 0.29) is 5.13 Å². The van der Waals surface area contributed by atoms with Crippen molar-refractivity contribution in [2.24, 2.45) is 0 Å². The lowest BCUT2D eigenvalue weighted by Gasteiger charge is -2.09. The number of halogens is 4. The van der Waals surface area contributed by atoms with Crippen LogP contribution in [0, 0.1) is 44.0 Å². The fraction of sp³-hybridized carbons (Fsp3) is 0.158. The van der Waals surface area contributed by atoms with Gasteiger partial charge in [0.15, 0.2) is 28.4 Å². The van der Waals surface area contributed by atoms with Gasteiger partial charge >= 0.3 is 0 Å². The van der Waals surface area contributed by atoms with Crippen molar-refractivity contribution in [1.29, 1.82) is 0 Å². The Kier molecular flexibility index (Phi) is 5.01. The molecule has 0 radical (unpaired) electrons. The first kappa shape index (κ1) is 19.0. The zero-order valence-electron chi connectivity index (χ0n) is 14.6. The predicted molar refractivity (Wildman–Crippen MR) is 96.0 cm³/mol. The van der Waals surface area contributed by atoms with Gasteiger partial charge in [0.05, 0.1) is 11.3 Å². The van der Waals surface area contributed by atoms with Crippen molar-refractivity contribution in [3.8, 4) is 11.3 Å². The van der Waals surface area contributed by atoms with Crippen LogP contribution in [0.15, 0.2) is 23.6 Å². The number of aryl methyl sites for hydroxylation is 3. The van der Waals surface area contributed by atoms with Gasteiger partial charge in [-0.25, -0.2) is 22.5 Å². The summed E-state index contributed by atoms with van der Waals surface area (Å²) in [5.74, 6) is -8.53. The van der Waals surface area contributed by atoms with E-state index in [1.165, 1.54) is 0 Å². The number of rotatable bonds is 3. The number of hydrogen-bond donors (Lipinski definition) is 1. The summed E-state index contributed by atoms with van der Waals surface area (Å²) in [7, 11) is 0. The first-order valence-corrected chi connectivity index (χ1v) is 8.75. The third kappa shape index (κ3) is 3.57. The summed E-state index contributed by atoms with van der Waals surface area (Å²) in [6.07, 6.45) is 0. The summed E-state index contributed by atoms with van der Waals surface area (Å²) < 4.78 is 53.4. The number of amides is 1. The van der Waals surface area contributed by atoms with Gasteiger partial charge in [-0.05, 0) is 38.0 Å². The van der Waals surface area contributed by atoms with Gasteiger partial charge in [-0.2, -0.15) is 0 Å². The van der Waals surface area contributed by atoms with Crippen molar-refractivity contribution in [1.82, 2.24) is 4.98 Å². The van der Waals surface area contributed by atoms with E-state index in [2.05, 4.69) is 10.3 Å². The summed E-state index contributed by atoms with van der Waals surface area (Å²) in [5, 5.41) is 4.12. The Labute approximate surface area is 156 Å². The van der Waals surface area contributed by atoms with E-state index in [1.54, 1.807) is 5.38 Å². The van der Waals surface area contributed by atoms with Gasteiger partial charge in [0.1, 0.15) is 0 Å². The average molecular weight is 394 g/mol. The number of carbonyl (C=O) groups excluding carboxylic acids is 1. The van der Waals surface area contributed by atoms with Crippen molar-refractivity contribution in [3.63, 3.8) is 0 Å². The standard InChI is InChI=1S/C19H14F4N2OS/c1-8-4-9(2)14(10(3)5-8)13-7-27-19(24-13)25-18(26)11-6-12(20)16(22)17(23)15(11)21/h4-7H,1-3H3,(H,24,25,26). The lowest BCUT2D eigenvalue weighted by molar-refractivity contribution is 0.102. The van der Waals surface area contributed by atoms with E-state index in [0.29, 0.717) is 11.8 Å². The molecule has 0 atom stereocenters. The van der Waals surface area contributed by atoms with Crippen LogP contribution in [-0.4, -0.2) is 10.9 Å². The van der Waals surface area contributed by atoms with E-state index >= 15 is 0 Å². The molecule has 8 heteroatoms. The smallest absolute Gasteiger partial charge is 0.260 e. The van der Waals surface area contributed by atoms with Crippen LogP contribution in [0.25, 0.3) is 11.3 Å². The van der Waals surface area contributed by atoms with Crippen molar-refractivity contribution >= 4 is 22.4 Å². The van der Waals surface area contributed by atoms with Crippen LogP contribution in [0.3, 0.4) is 0 Å². The SMILES string of the molecule is Cc1cc(C)c(-c2csc(NC(=O)c3cc(F)c(F)c(F)c3F)n2)c(C)c1. The number of nitrogens with zero attached hydrogens (tertiary/aromatic N) is 1. The van der Waals surface area contributed by atoms with Crippen LogP contribution in [0.5, 0.6) is 0 Å². The Balaban J connectivity index is 1.90. The molecule has 0 fully saturated rings. The molecule has 1 heterocycles. The van der Waals surface area contributed by atoms with Crippen LogP contribution in [0.4, 0.5) is 22.7 Å². The Bertz CT molecular complexity index is 1040. The number of carbonyl (C=O) groups is 1. The molecule has 0 aliphatic rings. The number of hydrogen-bond acceptors (Lipinski definition) is 3. The van der Waals surface area contributed by atoms with Crippen LogP contribution in [0.2, 0.25) is 0 Å². The van der Waals surface area contributed by atoms with Crippen molar-refractivity contribution in [3.05, 3.63) is 69.1 Å². The normalized spacial score (nSPS) is 10.9. The lowest BCUT2D eigenvalue weighted by atomic mass is 9.98. The third-order valence-electron chi connectivity index (χ3n) is 4.01. The Morgan fingerprint density at radius 2 is 1.59 bits per heavy atom. The predicted octanol–water partition coefficient (Wildman–Crippen LogP) is 5.54. The van der Waals surface area contributed by atoms with Crippen LogP contribution >= 0.6 is 11.3 Å². The van der Waals surface area contributed by atoms with Gasteiger partial charge in [-0.3, -0.25) is 10.1 Å². The summed E-state index contributed by atoms with van der Waals surface area (Å²) in [4.78, 5) is 16.4.